The maximum atomic E-state index is 14.6. The SMILES string of the molecule is Cc1ccc(S(=O)(=O)OCCOCCOCCNC(=O)c2c(C(=O)N3CCN(C(=O)[C@@H](NC(=O)[C@H](C)N(C)C(=O)OC(C)(C)C)C4CCCCC4)CC3)n(C)c3cc(F)c(F)cc23)cc1. The average molecular weight is 933 g/mol. The van der Waals surface area contributed by atoms with E-state index in [0.29, 0.717) is 0 Å². The zero-order chi connectivity index (χ0) is 47.6. The lowest BCUT2D eigenvalue weighted by Crippen LogP contribution is -2.60. The van der Waals surface area contributed by atoms with Crippen LogP contribution in [0, 0.1) is 24.5 Å². The molecule has 2 aliphatic rings. The van der Waals surface area contributed by atoms with Crippen LogP contribution in [-0.2, 0) is 45.1 Å². The van der Waals surface area contributed by atoms with Crippen molar-refractivity contribution in [2.45, 2.75) is 89.3 Å². The number of aryl methyl sites for hydroxylation is 2. The monoisotopic (exact) mass is 932 g/mol. The summed E-state index contributed by atoms with van der Waals surface area (Å²) < 4.78 is 76.5. The summed E-state index contributed by atoms with van der Waals surface area (Å²) in [5.41, 5.74) is 0.00974. The van der Waals surface area contributed by atoms with Crippen LogP contribution in [0.4, 0.5) is 13.6 Å². The number of carbonyl (C=O) groups excluding carboxylic acids is 5. The van der Waals surface area contributed by atoms with Crippen molar-refractivity contribution < 1.29 is 59.6 Å². The Hall–Kier alpha value is -5.18. The standard InChI is InChI=1S/C45H62F2N6O11S/c1-29-13-15-32(16-14-29)65(59,60)63-26-25-62-24-23-61-22-17-48-41(55)37-33-27-34(46)35(47)28-36(33)51(7)39(37)43(57)53-20-18-52(19-21-53)42(56)38(31-11-9-8-10-12-31)49-40(54)30(2)50(6)44(58)64-45(3,4)5/h13-16,27-28,30-31,38H,8-12,17-26H2,1-7H3,(H,48,55)(H,49,54)/t30-,38-/m0/s1. The summed E-state index contributed by atoms with van der Waals surface area (Å²) >= 11 is 0. The van der Waals surface area contributed by atoms with E-state index in [0.717, 1.165) is 49.8 Å². The fourth-order valence-electron chi connectivity index (χ4n) is 7.80. The van der Waals surface area contributed by atoms with Crippen LogP contribution in [0.25, 0.3) is 10.9 Å². The second kappa shape index (κ2) is 22.3. The molecule has 0 bridgehead atoms. The number of amides is 5. The summed E-state index contributed by atoms with van der Waals surface area (Å²) in [4.78, 5) is 72.8. The lowest BCUT2D eigenvalue weighted by atomic mass is 9.83. The minimum Gasteiger partial charge on any atom is -0.444 e. The summed E-state index contributed by atoms with van der Waals surface area (Å²) in [6.45, 7) is 8.98. The van der Waals surface area contributed by atoms with Crippen LogP contribution in [0.3, 0.4) is 0 Å². The Morgan fingerprint density at radius 2 is 1.45 bits per heavy atom. The molecule has 0 spiro atoms. The molecule has 1 aromatic heterocycles. The molecule has 2 heterocycles. The molecule has 2 aromatic carbocycles. The molecule has 3 aromatic rings. The average Bonchev–Trinajstić information content (AvgIpc) is 3.54. The number of ether oxygens (including phenoxy) is 3. The van der Waals surface area contributed by atoms with Crippen LogP contribution >= 0.6 is 0 Å². The van der Waals surface area contributed by atoms with Crippen molar-refractivity contribution in [2.24, 2.45) is 13.0 Å². The number of aromatic nitrogens is 1. The van der Waals surface area contributed by atoms with Crippen molar-refractivity contribution >= 4 is 50.7 Å². The third-order valence-corrected chi connectivity index (χ3v) is 12.9. The molecule has 5 rings (SSSR count). The van der Waals surface area contributed by atoms with E-state index >= 15 is 0 Å². The van der Waals surface area contributed by atoms with Gasteiger partial charge in [0.25, 0.3) is 21.9 Å². The molecule has 358 valence electrons. The molecule has 2 N–H and O–H groups in total. The number of piperazine rings is 1. The predicted octanol–water partition coefficient (Wildman–Crippen LogP) is 4.54. The molecule has 65 heavy (non-hydrogen) atoms. The molecule has 2 fully saturated rings. The van der Waals surface area contributed by atoms with Crippen molar-refractivity contribution in [2.75, 3.05) is 72.8 Å². The van der Waals surface area contributed by atoms with Crippen LogP contribution in [0.5, 0.6) is 0 Å². The molecular formula is C45H62F2N6O11S. The van der Waals surface area contributed by atoms with Gasteiger partial charge < -0.3 is 39.2 Å². The van der Waals surface area contributed by atoms with E-state index in [1.165, 1.54) is 40.6 Å². The number of benzene rings is 2. The van der Waals surface area contributed by atoms with Gasteiger partial charge in [0.1, 0.15) is 23.4 Å². The first-order valence-corrected chi connectivity index (χ1v) is 23.3. The van der Waals surface area contributed by atoms with Gasteiger partial charge in [-0.05, 0) is 71.6 Å². The predicted molar refractivity (Wildman–Crippen MR) is 236 cm³/mol. The molecule has 17 nitrogen and oxygen atoms in total. The van der Waals surface area contributed by atoms with Gasteiger partial charge in [-0.1, -0.05) is 37.0 Å². The molecule has 5 amide bonds. The Labute approximate surface area is 379 Å². The zero-order valence-electron chi connectivity index (χ0n) is 38.2. The molecule has 20 heteroatoms. The second-order valence-electron chi connectivity index (χ2n) is 17.4. The fraction of sp³-hybridized carbons (Fsp3) is 0.578. The fourth-order valence-corrected chi connectivity index (χ4v) is 8.69. The van der Waals surface area contributed by atoms with Gasteiger partial charge in [0.15, 0.2) is 11.6 Å². The van der Waals surface area contributed by atoms with Crippen LogP contribution in [0.2, 0.25) is 0 Å². The number of hydrogen-bond acceptors (Lipinski definition) is 11. The molecule has 0 unspecified atom stereocenters. The molecule has 1 saturated carbocycles. The Balaban J connectivity index is 1.17. The maximum absolute atomic E-state index is 14.6. The van der Waals surface area contributed by atoms with Gasteiger partial charge >= 0.3 is 6.09 Å². The third kappa shape index (κ3) is 13.2. The highest BCUT2D eigenvalue weighted by Crippen LogP contribution is 2.31. The minimum atomic E-state index is -3.92. The number of halogens is 2. The highest BCUT2D eigenvalue weighted by atomic mass is 32.2. The van der Waals surface area contributed by atoms with Gasteiger partial charge in [-0.3, -0.25) is 28.3 Å². The second-order valence-corrected chi connectivity index (χ2v) is 19.0. The van der Waals surface area contributed by atoms with E-state index < -0.39 is 63.3 Å². The van der Waals surface area contributed by atoms with E-state index in [2.05, 4.69) is 10.6 Å². The lowest BCUT2D eigenvalue weighted by molar-refractivity contribution is -0.140. The number of fused-ring (bicyclic) bond motifs is 1. The smallest absolute Gasteiger partial charge is 0.410 e. The Kier molecular flexibility index (Phi) is 17.5. The van der Waals surface area contributed by atoms with E-state index in [4.69, 9.17) is 18.4 Å². The summed E-state index contributed by atoms with van der Waals surface area (Å²) in [7, 11) is -0.980. The summed E-state index contributed by atoms with van der Waals surface area (Å²) in [6, 6.07) is 6.27. The van der Waals surface area contributed by atoms with Crippen LogP contribution in [0.1, 0.15) is 86.2 Å². The third-order valence-electron chi connectivity index (χ3n) is 11.6. The normalized spacial score (nSPS) is 16.0. The van der Waals surface area contributed by atoms with Crippen molar-refractivity contribution in [1.82, 2.24) is 29.9 Å². The molecule has 0 radical (unpaired) electrons. The van der Waals surface area contributed by atoms with Gasteiger partial charge in [-0.2, -0.15) is 8.42 Å². The largest absolute Gasteiger partial charge is 0.444 e. The summed E-state index contributed by atoms with van der Waals surface area (Å²) in [6.07, 6.45) is 3.62. The summed E-state index contributed by atoms with van der Waals surface area (Å²) in [5, 5.41) is 5.65. The first-order chi connectivity index (χ1) is 30.7. The topological polar surface area (TPSA) is 195 Å². The van der Waals surface area contributed by atoms with Gasteiger partial charge in [0.05, 0.1) is 49.0 Å². The van der Waals surface area contributed by atoms with Gasteiger partial charge in [-0.25, -0.2) is 13.6 Å². The quantitative estimate of drug-likeness (QED) is 0.134. The Morgan fingerprint density at radius 3 is 2.08 bits per heavy atom. The number of nitrogens with zero attached hydrogens (tertiary/aromatic N) is 4. The van der Waals surface area contributed by atoms with Gasteiger partial charge in [0.2, 0.25) is 11.8 Å². The molecule has 1 saturated heterocycles. The van der Waals surface area contributed by atoms with Crippen molar-refractivity contribution in [3.8, 4) is 0 Å². The zero-order valence-corrected chi connectivity index (χ0v) is 39.1. The first kappa shape index (κ1) is 50.8. The number of nitrogens with one attached hydrogen (secondary N) is 2. The van der Waals surface area contributed by atoms with E-state index in [1.54, 1.807) is 44.7 Å². The van der Waals surface area contributed by atoms with Crippen molar-refractivity contribution in [3.05, 3.63) is 64.9 Å². The van der Waals surface area contributed by atoms with Crippen LogP contribution in [0.15, 0.2) is 41.3 Å². The molecule has 2 atom stereocenters. The number of likely N-dealkylation sites (N-methyl/N-ethyl adjacent to an activating group) is 1. The van der Waals surface area contributed by atoms with E-state index in [-0.39, 0.29) is 105 Å². The first-order valence-electron chi connectivity index (χ1n) is 21.9. The minimum absolute atomic E-state index is 0.0130. The van der Waals surface area contributed by atoms with Crippen LogP contribution in [-0.4, -0.2) is 148 Å². The van der Waals surface area contributed by atoms with Gasteiger partial charge in [-0.15, -0.1) is 0 Å². The van der Waals surface area contributed by atoms with Crippen LogP contribution < -0.4 is 10.6 Å². The number of hydrogen-bond donors (Lipinski definition) is 2. The van der Waals surface area contributed by atoms with E-state index in [1.807, 2.05) is 6.92 Å². The highest BCUT2D eigenvalue weighted by Gasteiger charge is 2.39. The summed E-state index contributed by atoms with van der Waals surface area (Å²) in [5.74, 6) is -4.58. The van der Waals surface area contributed by atoms with Crippen molar-refractivity contribution in [3.63, 3.8) is 0 Å². The molecule has 1 aliphatic heterocycles. The van der Waals surface area contributed by atoms with Crippen molar-refractivity contribution in [1.29, 1.82) is 0 Å². The highest BCUT2D eigenvalue weighted by molar-refractivity contribution is 7.86. The van der Waals surface area contributed by atoms with E-state index in [9.17, 15) is 41.2 Å². The Morgan fingerprint density at radius 1 is 0.862 bits per heavy atom. The number of rotatable bonds is 18. The molecule has 1 aliphatic carbocycles. The Bertz CT molecular complexity index is 2290. The molecular weight excluding hydrogens is 871 g/mol. The van der Waals surface area contributed by atoms with Gasteiger partial charge in [0, 0.05) is 58.3 Å². The lowest BCUT2D eigenvalue weighted by Gasteiger charge is -2.39. The maximum Gasteiger partial charge on any atom is 0.410 e. The number of carbonyl (C=O) groups is 5.